The molecule has 0 radical (unpaired) electrons. The van der Waals surface area contributed by atoms with Crippen molar-refractivity contribution in [2.24, 2.45) is 0 Å². The van der Waals surface area contributed by atoms with E-state index in [1.807, 2.05) is 13.1 Å². The zero-order valence-corrected chi connectivity index (χ0v) is 15.1. The van der Waals surface area contributed by atoms with Crippen molar-refractivity contribution in [3.63, 3.8) is 0 Å². The second-order valence-electron chi connectivity index (χ2n) is 6.07. The number of aryl methyl sites for hydroxylation is 2. The molecule has 2 aromatic heterocycles. The molecule has 24 heavy (non-hydrogen) atoms. The Morgan fingerprint density at radius 1 is 1.29 bits per heavy atom. The van der Waals surface area contributed by atoms with Crippen molar-refractivity contribution in [1.29, 1.82) is 0 Å². The van der Waals surface area contributed by atoms with Crippen LogP contribution in [0.25, 0.3) is 4.96 Å². The van der Waals surface area contributed by atoms with Gasteiger partial charge in [-0.15, -0.1) is 0 Å². The van der Waals surface area contributed by atoms with Gasteiger partial charge in [0.05, 0.1) is 12.2 Å². The number of aromatic nitrogens is 3. The molecule has 0 fully saturated rings. The molecule has 0 aliphatic carbocycles. The molecule has 5 nitrogen and oxygen atoms in total. The molecule has 0 aliphatic heterocycles. The minimum absolute atomic E-state index is 0.105. The second-order valence-corrected chi connectivity index (χ2v) is 7.12. The van der Waals surface area contributed by atoms with Gasteiger partial charge in [0, 0.05) is 25.2 Å². The fourth-order valence-electron chi connectivity index (χ4n) is 2.61. The Morgan fingerprint density at radius 3 is 2.88 bits per heavy atom. The van der Waals surface area contributed by atoms with Crippen molar-refractivity contribution in [3.8, 4) is 0 Å². The molecule has 0 spiro atoms. The van der Waals surface area contributed by atoms with Gasteiger partial charge in [0.25, 0.3) is 5.56 Å². The highest BCUT2D eigenvalue weighted by Gasteiger charge is 2.10. The van der Waals surface area contributed by atoms with Gasteiger partial charge in [-0.1, -0.05) is 36.8 Å². The van der Waals surface area contributed by atoms with Gasteiger partial charge in [-0.25, -0.2) is 4.98 Å². The molecule has 0 saturated carbocycles. The van der Waals surface area contributed by atoms with E-state index < -0.39 is 0 Å². The van der Waals surface area contributed by atoms with Gasteiger partial charge in [0.1, 0.15) is 5.01 Å². The molecule has 6 heteroatoms. The fraction of sp³-hybridized carbons (Fsp3) is 0.389. The number of hydrogen-bond donors (Lipinski definition) is 0. The molecule has 0 saturated heterocycles. The standard InChI is InChI=1S/C18H22N4OS/c1-4-5-9-16-20-22-17(23)11-14(19-18(22)24-16)12-21(3)15-8-6-7-13(2)10-15/h6-8,10-11H,4-5,9,12H2,1-3H3. The van der Waals surface area contributed by atoms with Crippen LogP contribution in [0.4, 0.5) is 5.69 Å². The van der Waals surface area contributed by atoms with E-state index in [0.29, 0.717) is 11.5 Å². The predicted molar refractivity (Wildman–Crippen MR) is 99.0 cm³/mol. The summed E-state index contributed by atoms with van der Waals surface area (Å²) < 4.78 is 1.42. The maximum absolute atomic E-state index is 12.3. The van der Waals surface area contributed by atoms with Crippen LogP contribution in [0.15, 0.2) is 35.1 Å². The normalized spacial score (nSPS) is 11.1. The zero-order valence-electron chi connectivity index (χ0n) is 14.3. The third-order valence-electron chi connectivity index (χ3n) is 3.93. The maximum atomic E-state index is 12.3. The van der Waals surface area contributed by atoms with Crippen LogP contribution < -0.4 is 10.5 Å². The molecule has 0 aliphatic rings. The number of fused-ring (bicyclic) bond motifs is 1. The fourth-order valence-corrected chi connectivity index (χ4v) is 3.57. The van der Waals surface area contributed by atoms with Crippen LogP contribution in [0.1, 0.15) is 36.0 Å². The summed E-state index contributed by atoms with van der Waals surface area (Å²) in [5.41, 5.74) is 3.00. The van der Waals surface area contributed by atoms with Gasteiger partial charge < -0.3 is 4.90 Å². The molecule has 1 aromatic carbocycles. The Kier molecular flexibility index (Phi) is 4.94. The average molecular weight is 342 g/mol. The molecular weight excluding hydrogens is 320 g/mol. The number of rotatable bonds is 6. The monoisotopic (exact) mass is 342 g/mol. The average Bonchev–Trinajstić information content (AvgIpc) is 2.96. The van der Waals surface area contributed by atoms with Gasteiger partial charge in [0.15, 0.2) is 0 Å². The summed E-state index contributed by atoms with van der Waals surface area (Å²) in [6.45, 7) is 4.82. The van der Waals surface area contributed by atoms with E-state index in [0.717, 1.165) is 35.7 Å². The first-order valence-corrected chi connectivity index (χ1v) is 9.05. The number of benzene rings is 1. The Morgan fingerprint density at radius 2 is 2.12 bits per heavy atom. The molecule has 0 unspecified atom stereocenters. The van der Waals surface area contributed by atoms with E-state index in [2.05, 4.69) is 47.0 Å². The Balaban J connectivity index is 1.85. The number of unbranched alkanes of at least 4 members (excludes halogenated alkanes) is 1. The summed E-state index contributed by atoms with van der Waals surface area (Å²) in [7, 11) is 2.01. The van der Waals surface area contributed by atoms with Gasteiger partial charge in [0.2, 0.25) is 4.96 Å². The molecule has 126 valence electrons. The molecule has 0 bridgehead atoms. The van der Waals surface area contributed by atoms with Crippen molar-refractivity contribution in [3.05, 3.63) is 57.0 Å². The van der Waals surface area contributed by atoms with Gasteiger partial charge >= 0.3 is 0 Å². The SMILES string of the molecule is CCCCc1nn2c(=O)cc(CN(C)c3cccc(C)c3)nc2s1. The lowest BCUT2D eigenvalue weighted by Crippen LogP contribution is -2.21. The zero-order chi connectivity index (χ0) is 17.1. The van der Waals surface area contributed by atoms with Crippen LogP contribution in [0.5, 0.6) is 0 Å². The maximum Gasteiger partial charge on any atom is 0.275 e. The summed E-state index contributed by atoms with van der Waals surface area (Å²) in [5, 5.41) is 5.36. The Labute approximate surface area is 145 Å². The first-order valence-electron chi connectivity index (χ1n) is 8.23. The van der Waals surface area contributed by atoms with Gasteiger partial charge in [-0.05, 0) is 31.0 Å². The number of nitrogens with zero attached hydrogens (tertiary/aromatic N) is 4. The van der Waals surface area contributed by atoms with Crippen molar-refractivity contribution >= 4 is 22.0 Å². The van der Waals surface area contributed by atoms with E-state index in [-0.39, 0.29) is 5.56 Å². The molecule has 2 heterocycles. The van der Waals surface area contributed by atoms with Crippen molar-refractivity contribution in [1.82, 2.24) is 14.6 Å². The molecule has 0 atom stereocenters. The van der Waals surface area contributed by atoms with Crippen LogP contribution in [0.3, 0.4) is 0 Å². The van der Waals surface area contributed by atoms with Crippen LogP contribution in [0, 0.1) is 6.92 Å². The lowest BCUT2D eigenvalue weighted by atomic mass is 10.2. The smallest absolute Gasteiger partial charge is 0.275 e. The van der Waals surface area contributed by atoms with E-state index in [4.69, 9.17) is 0 Å². The topological polar surface area (TPSA) is 50.5 Å². The predicted octanol–water partition coefficient (Wildman–Crippen LogP) is 3.44. The molecule has 0 N–H and O–H groups in total. The number of hydrogen-bond acceptors (Lipinski definition) is 5. The second kappa shape index (κ2) is 7.13. The summed E-state index contributed by atoms with van der Waals surface area (Å²) in [5.74, 6) is 0. The van der Waals surface area contributed by atoms with Gasteiger partial charge in [-0.3, -0.25) is 4.79 Å². The van der Waals surface area contributed by atoms with Crippen LogP contribution in [0.2, 0.25) is 0 Å². The van der Waals surface area contributed by atoms with Crippen LogP contribution in [-0.2, 0) is 13.0 Å². The lowest BCUT2D eigenvalue weighted by molar-refractivity contribution is 0.759. The van der Waals surface area contributed by atoms with Crippen LogP contribution >= 0.6 is 11.3 Å². The molecule has 3 aromatic rings. The minimum atomic E-state index is -0.105. The van der Waals surface area contributed by atoms with Crippen LogP contribution in [-0.4, -0.2) is 21.6 Å². The molecular formula is C18H22N4OS. The highest BCUT2D eigenvalue weighted by molar-refractivity contribution is 7.16. The van der Waals surface area contributed by atoms with Crippen molar-refractivity contribution < 1.29 is 0 Å². The molecule has 3 rings (SSSR count). The summed E-state index contributed by atoms with van der Waals surface area (Å²) >= 11 is 1.51. The highest BCUT2D eigenvalue weighted by atomic mass is 32.1. The van der Waals surface area contributed by atoms with Gasteiger partial charge in [-0.2, -0.15) is 9.61 Å². The Bertz CT molecular complexity index is 899. The minimum Gasteiger partial charge on any atom is -0.369 e. The highest BCUT2D eigenvalue weighted by Crippen LogP contribution is 2.18. The summed E-state index contributed by atoms with van der Waals surface area (Å²) in [6.07, 6.45) is 3.10. The summed E-state index contributed by atoms with van der Waals surface area (Å²) in [4.78, 5) is 19.7. The van der Waals surface area contributed by atoms with Crippen molar-refractivity contribution in [2.45, 2.75) is 39.7 Å². The van der Waals surface area contributed by atoms with E-state index in [1.165, 1.54) is 21.4 Å². The third kappa shape index (κ3) is 3.64. The summed E-state index contributed by atoms with van der Waals surface area (Å²) in [6, 6.07) is 9.89. The first kappa shape index (κ1) is 16.6. The van der Waals surface area contributed by atoms with E-state index in [1.54, 1.807) is 6.07 Å². The quantitative estimate of drug-likeness (QED) is 0.688. The lowest BCUT2D eigenvalue weighted by Gasteiger charge is -2.19. The van der Waals surface area contributed by atoms with Crippen molar-refractivity contribution in [2.75, 3.05) is 11.9 Å². The third-order valence-corrected chi connectivity index (χ3v) is 4.89. The number of anilines is 1. The first-order chi connectivity index (χ1) is 11.6. The van der Waals surface area contributed by atoms with E-state index >= 15 is 0 Å². The Hall–Kier alpha value is -2.21. The largest absolute Gasteiger partial charge is 0.369 e. The van der Waals surface area contributed by atoms with E-state index in [9.17, 15) is 4.79 Å². The molecule has 0 amide bonds.